The van der Waals surface area contributed by atoms with Crippen molar-refractivity contribution in [2.24, 2.45) is 0 Å². The minimum absolute atomic E-state index is 0.495. The highest BCUT2D eigenvalue weighted by atomic mass is 16.3. The Kier molecular flexibility index (Phi) is 5.06. The van der Waals surface area contributed by atoms with Crippen molar-refractivity contribution in [3.05, 3.63) is 52.6 Å². The van der Waals surface area contributed by atoms with Crippen LogP contribution >= 0.6 is 0 Å². The van der Waals surface area contributed by atoms with Crippen LogP contribution in [0.1, 0.15) is 48.9 Å². The molecule has 0 aliphatic carbocycles. The summed E-state index contributed by atoms with van der Waals surface area (Å²) in [5.41, 5.74) is 7.18. The van der Waals surface area contributed by atoms with E-state index >= 15 is 0 Å². The summed E-state index contributed by atoms with van der Waals surface area (Å²) < 4.78 is 0. The highest BCUT2D eigenvalue weighted by Crippen LogP contribution is 2.40. The summed E-state index contributed by atoms with van der Waals surface area (Å²) in [6, 6.07) is 10.2. The average Bonchev–Trinajstić information content (AvgIpc) is 2.50. The first-order valence-electron chi connectivity index (χ1n) is 8.01. The molecule has 0 amide bonds. The van der Waals surface area contributed by atoms with Gasteiger partial charge < -0.3 is 5.11 Å². The molecular formula is C20H26O. The molecule has 1 N–H and O–H groups in total. The van der Waals surface area contributed by atoms with Gasteiger partial charge in [0, 0.05) is 5.56 Å². The van der Waals surface area contributed by atoms with Crippen LogP contribution in [0.2, 0.25) is 0 Å². The first kappa shape index (κ1) is 15.6. The first-order chi connectivity index (χ1) is 10.1. The van der Waals surface area contributed by atoms with Crippen molar-refractivity contribution in [2.75, 3.05) is 0 Å². The molecule has 0 spiro atoms. The highest BCUT2D eigenvalue weighted by molar-refractivity contribution is 5.77. The molecule has 0 atom stereocenters. The first-order valence-corrected chi connectivity index (χ1v) is 8.01. The summed E-state index contributed by atoms with van der Waals surface area (Å²) in [5.74, 6) is 0.495. The zero-order chi connectivity index (χ0) is 15.4. The van der Waals surface area contributed by atoms with Gasteiger partial charge in [-0.05, 0) is 54.5 Å². The van der Waals surface area contributed by atoms with Crippen molar-refractivity contribution in [2.45, 2.75) is 53.4 Å². The Bertz CT molecular complexity index is 612. The van der Waals surface area contributed by atoms with Gasteiger partial charge in [-0.2, -0.15) is 0 Å². The molecule has 1 nitrogen and oxygen atoms in total. The molecule has 0 aromatic heterocycles. The number of benzene rings is 2. The van der Waals surface area contributed by atoms with Gasteiger partial charge in [0.05, 0.1) is 0 Å². The topological polar surface area (TPSA) is 20.2 Å². The molecule has 1 heteroatoms. The van der Waals surface area contributed by atoms with Crippen LogP contribution in [0, 0.1) is 13.8 Å². The molecule has 2 rings (SSSR count). The van der Waals surface area contributed by atoms with Crippen molar-refractivity contribution < 1.29 is 5.11 Å². The minimum Gasteiger partial charge on any atom is -0.507 e. The lowest BCUT2D eigenvalue weighted by Gasteiger charge is -2.21. The molecule has 0 heterocycles. The van der Waals surface area contributed by atoms with E-state index in [9.17, 15) is 5.11 Å². The van der Waals surface area contributed by atoms with Crippen LogP contribution in [-0.2, 0) is 12.8 Å². The summed E-state index contributed by atoms with van der Waals surface area (Å²) in [5, 5.41) is 10.9. The van der Waals surface area contributed by atoms with E-state index in [2.05, 4.69) is 39.8 Å². The van der Waals surface area contributed by atoms with E-state index in [0.29, 0.717) is 5.75 Å². The van der Waals surface area contributed by atoms with Crippen LogP contribution in [0.25, 0.3) is 11.1 Å². The van der Waals surface area contributed by atoms with Gasteiger partial charge in [0.15, 0.2) is 0 Å². The smallest absolute Gasteiger partial charge is 0.127 e. The number of rotatable bonds is 5. The molecule has 0 saturated heterocycles. The molecule has 21 heavy (non-hydrogen) atoms. The maximum absolute atomic E-state index is 10.9. The number of aromatic hydroxyl groups is 1. The molecule has 2 aromatic carbocycles. The third-order valence-electron chi connectivity index (χ3n) is 4.34. The number of phenolic OH excluding ortho intramolecular Hbond substituents is 1. The fraction of sp³-hybridized carbons (Fsp3) is 0.400. The van der Waals surface area contributed by atoms with Crippen LogP contribution in [0.5, 0.6) is 5.75 Å². The molecule has 0 saturated carbocycles. The summed E-state index contributed by atoms with van der Waals surface area (Å²) >= 11 is 0. The molecule has 0 aliphatic rings. The van der Waals surface area contributed by atoms with Gasteiger partial charge >= 0.3 is 0 Å². The van der Waals surface area contributed by atoms with Gasteiger partial charge in [0.1, 0.15) is 5.75 Å². The van der Waals surface area contributed by atoms with Crippen LogP contribution in [0.4, 0.5) is 0 Å². The quantitative estimate of drug-likeness (QED) is 0.759. The van der Waals surface area contributed by atoms with Crippen LogP contribution < -0.4 is 0 Å². The number of hydrogen-bond donors (Lipinski definition) is 1. The molecular weight excluding hydrogens is 256 g/mol. The Labute approximate surface area is 128 Å². The normalized spacial score (nSPS) is 10.9. The molecule has 0 unspecified atom stereocenters. The zero-order valence-electron chi connectivity index (χ0n) is 13.7. The van der Waals surface area contributed by atoms with Crippen molar-refractivity contribution in [3.63, 3.8) is 0 Å². The molecule has 0 bridgehead atoms. The maximum Gasteiger partial charge on any atom is 0.127 e. The van der Waals surface area contributed by atoms with Gasteiger partial charge in [-0.1, -0.05) is 57.0 Å². The van der Waals surface area contributed by atoms with Gasteiger partial charge in [0.2, 0.25) is 0 Å². The van der Waals surface area contributed by atoms with E-state index in [1.54, 1.807) is 0 Å². The predicted molar refractivity (Wildman–Crippen MR) is 91.0 cm³/mol. The fourth-order valence-corrected chi connectivity index (χ4v) is 3.18. The van der Waals surface area contributed by atoms with Gasteiger partial charge in [-0.15, -0.1) is 0 Å². The zero-order valence-corrected chi connectivity index (χ0v) is 13.7. The van der Waals surface area contributed by atoms with E-state index in [1.807, 2.05) is 18.2 Å². The molecule has 0 aliphatic heterocycles. The van der Waals surface area contributed by atoms with Crippen molar-refractivity contribution in [1.29, 1.82) is 0 Å². The lowest BCUT2D eigenvalue weighted by molar-refractivity contribution is 0.467. The summed E-state index contributed by atoms with van der Waals surface area (Å²) in [6.07, 6.45) is 4.16. The predicted octanol–water partition coefficient (Wildman–Crippen LogP) is 5.58. The second-order valence-corrected chi connectivity index (χ2v) is 5.80. The van der Waals surface area contributed by atoms with Crippen LogP contribution in [0.3, 0.4) is 0 Å². The van der Waals surface area contributed by atoms with Crippen LogP contribution in [-0.4, -0.2) is 5.11 Å². The third-order valence-corrected chi connectivity index (χ3v) is 4.34. The Hall–Kier alpha value is -1.76. The Morgan fingerprint density at radius 2 is 1.38 bits per heavy atom. The largest absolute Gasteiger partial charge is 0.507 e. The molecule has 2 aromatic rings. The minimum atomic E-state index is 0.495. The number of phenols is 1. The Balaban J connectivity index is 2.72. The molecule has 0 radical (unpaired) electrons. The Morgan fingerprint density at radius 1 is 0.810 bits per heavy atom. The highest BCUT2D eigenvalue weighted by Gasteiger charge is 2.19. The average molecular weight is 282 g/mol. The van der Waals surface area contributed by atoms with Crippen molar-refractivity contribution >= 4 is 0 Å². The lowest BCUT2D eigenvalue weighted by Crippen LogP contribution is -2.03. The summed E-state index contributed by atoms with van der Waals surface area (Å²) in [7, 11) is 0. The van der Waals surface area contributed by atoms with Crippen LogP contribution in [0.15, 0.2) is 30.3 Å². The van der Waals surface area contributed by atoms with E-state index < -0.39 is 0 Å². The molecule has 112 valence electrons. The van der Waals surface area contributed by atoms with E-state index in [4.69, 9.17) is 0 Å². The second-order valence-electron chi connectivity index (χ2n) is 5.80. The van der Waals surface area contributed by atoms with E-state index in [-0.39, 0.29) is 0 Å². The Morgan fingerprint density at radius 3 is 1.95 bits per heavy atom. The van der Waals surface area contributed by atoms with E-state index in [0.717, 1.165) is 42.4 Å². The fourth-order valence-electron chi connectivity index (χ4n) is 3.18. The summed E-state index contributed by atoms with van der Waals surface area (Å²) in [4.78, 5) is 0. The summed E-state index contributed by atoms with van der Waals surface area (Å²) in [6.45, 7) is 8.71. The second kappa shape index (κ2) is 6.80. The third kappa shape index (κ3) is 2.97. The molecule has 0 fully saturated rings. The lowest BCUT2D eigenvalue weighted by atomic mass is 9.85. The van der Waals surface area contributed by atoms with Gasteiger partial charge in [-0.3, -0.25) is 0 Å². The van der Waals surface area contributed by atoms with Gasteiger partial charge in [0.25, 0.3) is 0 Å². The van der Waals surface area contributed by atoms with Gasteiger partial charge in [-0.25, -0.2) is 0 Å². The van der Waals surface area contributed by atoms with E-state index in [1.165, 1.54) is 16.7 Å². The number of hydrogen-bond acceptors (Lipinski definition) is 1. The SMILES string of the molecule is CCCc1c(C)c(C)c(-c2ccccc2)c(O)c1CCC. The van der Waals surface area contributed by atoms with Crippen molar-refractivity contribution in [3.8, 4) is 16.9 Å². The van der Waals surface area contributed by atoms with Crippen molar-refractivity contribution in [1.82, 2.24) is 0 Å². The maximum atomic E-state index is 10.9. The monoisotopic (exact) mass is 282 g/mol. The standard InChI is InChI=1S/C20H26O/c1-5-10-17-14(3)15(4)19(16-12-8-7-9-13-16)20(21)18(17)11-6-2/h7-9,12-13,21H,5-6,10-11H2,1-4H3.